The Morgan fingerprint density at radius 3 is 2.40 bits per heavy atom. The third-order valence-electron chi connectivity index (χ3n) is 4.86. The van der Waals surface area contributed by atoms with Crippen LogP contribution in [0.15, 0.2) is 41.2 Å². The maximum Gasteiger partial charge on any atom is 0.338 e. The highest BCUT2D eigenvalue weighted by atomic mass is 16.5. The Morgan fingerprint density at radius 1 is 1.03 bits per heavy atom. The zero-order valence-electron chi connectivity index (χ0n) is 17.0. The van der Waals surface area contributed by atoms with Crippen LogP contribution >= 0.6 is 0 Å². The SMILES string of the molecule is COc1cc(OC)cc(C(=O)OCc2nnc3n(C)c(=O)c4cc(C)ccc4n23)c1. The number of hydrogen-bond acceptors (Lipinski definition) is 7. The number of esters is 1. The predicted octanol–water partition coefficient (Wildman–Crippen LogP) is 2.26. The standard InChI is InChI=1S/C21H20N4O5/c1-12-5-6-17-16(7-12)19(26)24(2)21-23-22-18(25(17)21)11-30-20(27)13-8-14(28-3)10-15(9-13)29-4/h5-10H,11H2,1-4H3. The Kier molecular flexibility index (Phi) is 4.86. The van der Waals surface area contributed by atoms with Crippen LogP contribution in [0.2, 0.25) is 0 Å². The van der Waals surface area contributed by atoms with Crippen molar-refractivity contribution in [3.63, 3.8) is 0 Å². The molecule has 0 N–H and O–H groups in total. The van der Waals surface area contributed by atoms with Crippen LogP contribution in [0.4, 0.5) is 0 Å². The van der Waals surface area contributed by atoms with E-state index in [4.69, 9.17) is 14.2 Å². The number of hydrogen-bond donors (Lipinski definition) is 0. The van der Waals surface area contributed by atoms with E-state index in [2.05, 4.69) is 10.2 Å². The predicted molar refractivity (Wildman–Crippen MR) is 109 cm³/mol. The van der Waals surface area contributed by atoms with Crippen LogP contribution in [0.3, 0.4) is 0 Å². The molecule has 0 amide bonds. The van der Waals surface area contributed by atoms with E-state index in [9.17, 15) is 9.59 Å². The number of carbonyl (C=O) groups excluding carboxylic acids is 1. The summed E-state index contributed by atoms with van der Waals surface area (Å²) in [4.78, 5) is 25.2. The molecule has 154 valence electrons. The Labute approximate surface area is 171 Å². The van der Waals surface area contributed by atoms with Crippen molar-refractivity contribution in [2.45, 2.75) is 13.5 Å². The van der Waals surface area contributed by atoms with Gasteiger partial charge in [0.25, 0.3) is 5.56 Å². The van der Waals surface area contributed by atoms with Crippen LogP contribution < -0.4 is 15.0 Å². The van der Waals surface area contributed by atoms with Gasteiger partial charge in [-0.25, -0.2) is 4.79 Å². The molecule has 0 unspecified atom stereocenters. The molecule has 30 heavy (non-hydrogen) atoms. The van der Waals surface area contributed by atoms with E-state index in [1.807, 2.05) is 25.1 Å². The molecular formula is C21H20N4O5. The lowest BCUT2D eigenvalue weighted by molar-refractivity contribution is 0.0460. The van der Waals surface area contributed by atoms with E-state index in [0.29, 0.717) is 34.0 Å². The zero-order chi connectivity index (χ0) is 21.4. The van der Waals surface area contributed by atoms with Crippen LogP contribution in [0, 0.1) is 6.92 Å². The van der Waals surface area contributed by atoms with Crippen molar-refractivity contribution in [1.29, 1.82) is 0 Å². The zero-order valence-corrected chi connectivity index (χ0v) is 17.0. The van der Waals surface area contributed by atoms with Crippen molar-refractivity contribution in [3.05, 3.63) is 63.7 Å². The molecule has 9 nitrogen and oxygen atoms in total. The molecule has 4 rings (SSSR count). The van der Waals surface area contributed by atoms with Crippen LogP contribution in [-0.2, 0) is 18.4 Å². The number of benzene rings is 2. The van der Waals surface area contributed by atoms with Gasteiger partial charge >= 0.3 is 5.97 Å². The lowest BCUT2D eigenvalue weighted by Crippen LogP contribution is -2.20. The maximum atomic E-state index is 12.6. The molecule has 0 saturated carbocycles. The second-order valence-electron chi connectivity index (χ2n) is 6.81. The van der Waals surface area contributed by atoms with Crippen LogP contribution in [-0.4, -0.2) is 39.4 Å². The van der Waals surface area contributed by atoms with Gasteiger partial charge in [0.15, 0.2) is 12.4 Å². The molecule has 0 atom stereocenters. The smallest absolute Gasteiger partial charge is 0.338 e. The van der Waals surface area contributed by atoms with Gasteiger partial charge in [0.2, 0.25) is 5.78 Å². The first kappa shape index (κ1) is 19.4. The van der Waals surface area contributed by atoms with Gasteiger partial charge in [0.05, 0.1) is 30.7 Å². The number of ether oxygens (including phenoxy) is 3. The van der Waals surface area contributed by atoms with Crippen molar-refractivity contribution in [2.24, 2.45) is 7.05 Å². The average Bonchev–Trinajstić information content (AvgIpc) is 3.19. The minimum atomic E-state index is -0.561. The lowest BCUT2D eigenvalue weighted by Gasteiger charge is -2.10. The normalized spacial score (nSPS) is 11.1. The van der Waals surface area contributed by atoms with Gasteiger partial charge < -0.3 is 14.2 Å². The number of nitrogens with zero attached hydrogens (tertiary/aromatic N) is 4. The second-order valence-corrected chi connectivity index (χ2v) is 6.81. The summed E-state index contributed by atoms with van der Waals surface area (Å²) in [6.45, 7) is 1.79. The van der Waals surface area contributed by atoms with Crippen molar-refractivity contribution >= 4 is 22.6 Å². The lowest BCUT2D eigenvalue weighted by atomic mass is 10.1. The third-order valence-corrected chi connectivity index (χ3v) is 4.86. The number of fused-ring (bicyclic) bond motifs is 3. The number of carbonyl (C=O) groups is 1. The van der Waals surface area contributed by atoms with Gasteiger partial charge in [-0.3, -0.25) is 13.8 Å². The van der Waals surface area contributed by atoms with Crippen LogP contribution in [0.25, 0.3) is 16.7 Å². The molecule has 2 heterocycles. The van der Waals surface area contributed by atoms with E-state index in [1.54, 1.807) is 29.6 Å². The minimum Gasteiger partial charge on any atom is -0.497 e. The molecular weight excluding hydrogens is 388 g/mol. The first-order valence-corrected chi connectivity index (χ1v) is 9.16. The highest BCUT2D eigenvalue weighted by Gasteiger charge is 2.17. The van der Waals surface area contributed by atoms with E-state index in [-0.39, 0.29) is 17.7 Å². The summed E-state index contributed by atoms with van der Waals surface area (Å²) in [6, 6.07) is 10.3. The molecule has 0 spiro atoms. The van der Waals surface area contributed by atoms with Crippen LogP contribution in [0.5, 0.6) is 11.5 Å². The molecule has 4 aromatic rings. The van der Waals surface area contributed by atoms with E-state index >= 15 is 0 Å². The first-order valence-electron chi connectivity index (χ1n) is 9.16. The van der Waals surface area contributed by atoms with Gasteiger partial charge in [-0.15, -0.1) is 10.2 Å². The highest BCUT2D eigenvalue weighted by molar-refractivity contribution is 5.90. The molecule has 0 saturated heterocycles. The fraction of sp³-hybridized carbons (Fsp3) is 0.238. The van der Waals surface area contributed by atoms with E-state index in [0.717, 1.165) is 5.56 Å². The van der Waals surface area contributed by atoms with Gasteiger partial charge in [0.1, 0.15) is 11.5 Å². The first-order chi connectivity index (χ1) is 14.4. The fourth-order valence-corrected chi connectivity index (χ4v) is 3.29. The summed E-state index contributed by atoms with van der Waals surface area (Å²) in [5.41, 5.74) is 1.73. The summed E-state index contributed by atoms with van der Waals surface area (Å²) in [5.74, 6) is 1.16. The number of aromatic nitrogens is 4. The molecule has 0 fully saturated rings. The molecule has 0 aliphatic carbocycles. The van der Waals surface area contributed by atoms with E-state index in [1.165, 1.54) is 18.8 Å². The number of methoxy groups -OCH3 is 2. The molecule has 0 aliphatic rings. The molecule has 2 aromatic carbocycles. The molecule has 0 aliphatic heterocycles. The largest absolute Gasteiger partial charge is 0.497 e. The Hall–Kier alpha value is -3.88. The molecule has 2 aromatic heterocycles. The Bertz CT molecular complexity index is 1320. The van der Waals surface area contributed by atoms with Gasteiger partial charge in [0, 0.05) is 13.1 Å². The van der Waals surface area contributed by atoms with Crippen molar-refractivity contribution in [3.8, 4) is 11.5 Å². The average molecular weight is 408 g/mol. The third kappa shape index (κ3) is 3.24. The quantitative estimate of drug-likeness (QED) is 0.467. The summed E-state index contributed by atoms with van der Waals surface area (Å²) < 4.78 is 19.0. The van der Waals surface area contributed by atoms with Crippen molar-refractivity contribution in [1.82, 2.24) is 19.2 Å². The van der Waals surface area contributed by atoms with Gasteiger partial charge in [-0.1, -0.05) is 11.6 Å². The summed E-state index contributed by atoms with van der Waals surface area (Å²) in [5, 5.41) is 8.77. The van der Waals surface area contributed by atoms with Gasteiger partial charge in [-0.2, -0.15) is 0 Å². The molecule has 9 heteroatoms. The Balaban J connectivity index is 1.71. The fourth-order valence-electron chi connectivity index (χ4n) is 3.29. The Morgan fingerprint density at radius 2 is 1.73 bits per heavy atom. The summed E-state index contributed by atoms with van der Waals surface area (Å²) in [7, 11) is 4.64. The van der Waals surface area contributed by atoms with Crippen molar-refractivity contribution in [2.75, 3.05) is 14.2 Å². The maximum absolute atomic E-state index is 12.6. The minimum absolute atomic E-state index is 0.124. The second kappa shape index (κ2) is 7.51. The molecule has 0 bridgehead atoms. The van der Waals surface area contributed by atoms with Crippen molar-refractivity contribution < 1.29 is 19.0 Å². The summed E-state index contributed by atoms with van der Waals surface area (Å²) >= 11 is 0. The monoisotopic (exact) mass is 408 g/mol. The number of rotatable bonds is 5. The van der Waals surface area contributed by atoms with Crippen LogP contribution in [0.1, 0.15) is 21.7 Å². The van der Waals surface area contributed by atoms with Gasteiger partial charge in [-0.05, 0) is 31.2 Å². The van der Waals surface area contributed by atoms with E-state index < -0.39 is 5.97 Å². The molecule has 0 radical (unpaired) electrons. The highest BCUT2D eigenvalue weighted by Crippen LogP contribution is 2.23. The number of aryl methyl sites for hydroxylation is 2. The topological polar surface area (TPSA) is 96.9 Å². The summed E-state index contributed by atoms with van der Waals surface area (Å²) in [6.07, 6.45) is 0.